The molecule has 1 aromatic rings. The summed E-state index contributed by atoms with van der Waals surface area (Å²) in [4.78, 5) is 36.4. The first kappa shape index (κ1) is 15.1. The number of nitrogens with zero attached hydrogens (tertiary/aromatic N) is 1. The second-order valence-electron chi connectivity index (χ2n) is 8.50. The normalized spacial score (nSPS) is 36.7. The third-order valence-corrected chi connectivity index (χ3v) is 6.79. The molecule has 4 saturated carbocycles. The Hall–Kier alpha value is -2.17. The monoisotopic (exact) mass is 338 g/mol. The van der Waals surface area contributed by atoms with E-state index in [1.165, 1.54) is 44.1 Å². The van der Waals surface area contributed by atoms with Crippen molar-refractivity contribution in [1.82, 2.24) is 5.32 Å². The number of amides is 4. The summed E-state index contributed by atoms with van der Waals surface area (Å²) in [5.74, 6) is 1.65. The Balaban J connectivity index is 1.43. The molecule has 5 aliphatic rings. The quantitative estimate of drug-likeness (QED) is 0.843. The lowest BCUT2D eigenvalue weighted by Gasteiger charge is -2.57. The van der Waals surface area contributed by atoms with Crippen molar-refractivity contribution in [2.45, 2.75) is 50.4 Å². The molecular formula is C20H22N2O3. The molecule has 0 spiro atoms. The smallest absolute Gasteiger partial charge is 0.277 e. The van der Waals surface area contributed by atoms with Crippen LogP contribution in [-0.4, -0.2) is 17.8 Å². The molecule has 1 aliphatic heterocycles. The number of barbiturate groups is 1. The molecule has 0 atom stereocenters. The van der Waals surface area contributed by atoms with Crippen molar-refractivity contribution >= 4 is 23.5 Å². The van der Waals surface area contributed by atoms with E-state index in [0.717, 1.165) is 22.7 Å². The molecule has 5 nitrogen and oxygen atoms in total. The van der Waals surface area contributed by atoms with Gasteiger partial charge in [-0.15, -0.1) is 0 Å². The van der Waals surface area contributed by atoms with Crippen molar-refractivity contribution in [2.24, 2.45) is 17.8 Å². The number of urea groups is 1. The van der Waals surface area contributed by atoms with Crippen LogP contribution >= 0.6 is 0 Å². The van der Waals surface area contributed by atoms with Crippen LogP contribution in [0.3, 0.4) is 0 Å². The highest BCUT2D eigenvalue weighted by Crippen LogP contribution is 2.60. The zero-order valence-electron chi connectivity index (χ0n) is 14.2. The molecule has 4 amide bonds. The first-order valence-electron chi connectivity index (χ1n) is 9.30. The van der Waals surface area contributed by atoms with Crippen LogP contribution in [-0.2, 0) is 15.0 Å². The van der Waals surface area contributed by atoms with Gasteiger partial charge < -0.3 is 0 Å². The summed E-state index contributed by atoms with van der Waals surface area (Å²) >= 11 is 0. The van der Waals surface area contributed by atoms with Crippen LogP contribution in [0.4, 0.5) is 10.5 Å². The van der Waals surface area contributed by atoms with Gasteiger partial charge in [-0.3, -0.25) is 14.9 Å². The van der Waals surface area contributed by atoms with Gasteiger partial charge in [0.25, 0.3) is 0 Å². The van der Waals surface area contributed by atoms with Crippen LogP contribution in [0.5, 0.6) is 0 Å². The van der Waals surface area contributed by atoms with E-state index in [1.54, 1.807) is 0 Å². The minimum absolute atomic E-state index is 0.275. The number of carbonyl (C=O) groups excluding carboxylic acids is 3. The summed E-state index contributed by atoms with van der Waals surface area (Å²) in [6.45, 7) is 0. The van der Waals surface area contributed by atoms with Crippen LogP contribution in [0.15, 0.2) is 24.3 Å². The highest BCUT2D eigenvalue weighted by molar-refractivity contribution is 6.26. The van der Waals surface area contributed by atoms with Crippen molar-refractivity contribution in [3.63, 3.8) is 0 Å². The largest absolute Gasteiger partial charge is 0.335 e. The number of carbonyl (C=O) groups is 3. The molecule has 1 aromatic carbocycles. The molecule has 4 bridgehead atoms. The Morgan fingerprint density at radius 3 is 1.96 bits per heavy atom. The maximum Gasteiger partial charge on any atom is 0.335 e. The van der Waals surface area contributed by atoms with Gasteiger partial charge in [0.2, 0.25) is 11.8 Å². The maximum absolute atomic E-state index is 12.1. The highest BCUT2D eigenvalue weighted by Gasteiger charge is 2.51. The zero-order valence-corrected chi connectivity index (χ0v) is 14.2. The van der Waals surface area contributed by atoms with Gasteiger partial charge in [0.05, 0.1) is 5.69 Å². The number of benzene rings is 1. The first-order chi connectivity index (χ1) is 12.0. The number of rotatable bonds is 2. The summed E-state index contributed by atoms with van der Waals surface area (Å²) < 4.78 is 0. The van der Waals surface area contributed by atoms with Crippen molar-refractivity contribution in [3.8, 4) is 0 Å². The SMILES string of the molecule is O=C1CC(=O)N(c2ccc(C34CC5CC(CC(C5)C3)C4)cc2)C(=O)N1. The Labute approximate surface area is 146 Å². The van der Waals surface area contributed by atoms with Crippen molar-refractivity contribution in [1.29, 1.82) is 0 Å². The molecule has 1 N–H and O–H groups in total. The standard InChI is InChI=1S/C20H22N2O3/c23-17-8-18(24)22(19(25)21-17)16-3-1-15(2-4-16)20-9-12-5-13(10-20)7-14(6-12)11-20/h1-4,12-14H,5-11H2,(H,21,23,25). The van der Waals surface area contributed by atoms with Gasteiger partial charge in [-0.05, 0) is 79.4 Å². The van der Waals surface area contributed by atoms with Crippen molar-refractivity contribution < 1.29 is 14.4 Å². The van der Waals surface area contributed by atoms with E-state index in [1.807, 2.05) is 12.1 Å². The molecule has 25 heavy (non-hydrogen) atoms. The highest BCUT2D eigenvalue weighted by atomic mass is 16.2. The van der Waals surface area contributed by atoms with Gasteiger partial charge in [-0.25, -0.2) is 9.69 Å². The lowest BCUT2D eigenvalue weighted by molar-refractivity contribution is -0.128. The topological polar surface area (TPSA) is 66.5 Å². The molecule has 0 aromatic heterocycles. The molecule has 130 valence electrons. The molecule has 6 rings (SSSR count). The third-order valence-electron chi connectivity index (χ3n) is 6.79. The molecule has 5 fully saturated rings. The molecule has 0 unspecified atom stereocenters. The van der Waals surface area contributed by atoms with E-state index in [4.69, 9.17) is 0 Å². The molecule has 4 aliphatic carbocycles. The zero-order chi connectivity index (χ0) is 17.2. The predicted octanol–water partition coefficient (Wildman–Crippen LogP) is 3.13. The van der Waals surface area contributed by atoms with Gasteiger partial charge in [-0.1, -0.05) is 12.1 Å². The number of hydrogen-bond donors (Lipinski definition) is 1. The van der Waals surface area contributed by atoms with Crippen LogP contribution in [0.2, 0.25) is 0 Å². The average molecular weight is 338 g/mol. The first-order valence-corrected chi connectivity index (χ1v) is 9.30. The minimum Gasteiger partial charge on any atom is -0.277 e. The Morgan fingerprint density at radius 1 is 0.880 bits per heavy atom. The Kier molecular flexibility index (Phi) is 3.12. The molecule has 0 radical (unpaired) electrons. The molecule has 1 saturated heterocycles. The number of hydrogen-bond acceptors (Lipinski definition) is 3. The van der Waals surface area contributed by atoms with Gasteiger partial charge in [0.15, 0.2) is 0 Å². The summed E-state index contributed by atoms with van der Waals surface area (Å²) in [7, 11) is 0. The van der Waals surface area contributed by atoms with Gasteiger partial charge in [0, 0.05) is 0 Å². The lowest BCUT2D eigenvalue weighted by Crippen LogP contribution is -2.53. The van der Waals surface area contributed by atoms with Crippen LogP contribution in [0.1, 0.15) is 50.5 Å². The summed E-state index contributed by atoms with van der Waals surface area (Å²) in [6.07, 6.45) is 7.82. The van der Waals surface area contributed by atoms with Gasteiger partial charge >= 0.3 is 6.03 Å². The van der Waals surface area contributed by atoms with Crippen LogP contribution in [0, 0.1) is 17.8 Å². The Morgan fingerprint density at radius 2 is 1.44 bits per heavy atom. The van der Waals surface area contributed by atoms with Gasteiger partial charge in [-0.2, -0.15) is 0 Å². The minimum atomic E-state index is -0.649. The average Bonchev–Trinajstić information content (AvgIpc) is 2.53. The van der Waals surface area contributed by atoms with Crippen molar-refractivity contribution in [2.75, 3.05) is 4.90 Å². The van der Waals surface area contributed by atoms with E-state index >= 15 is 0 Å². The fourth-order valence-electron chi connectivity index (χ4n) is 6.24. The fraction of sp³-hybridized carbons (Fsp3) is 0.550. The molecular weight excluding hydrogens is 316 g/mol. The Bertz CT molecular complexity index is 712. The summed E-state index contributed by atoms with van der Waals surface area (Å²) in [5, 5.41) is 2.21. The number of anilines is 1. The number of nitrogens with one attached hydrogen (secondary N) is 1. The summed E-state index contributed by atoms with van der Waals surface area (Å²) in [6, 6.07) is 7.27. The number of imide groups is 2. The third kappa shape index (κ3) is 2.32. The van der Waals surface area contributed by atoms with Crippen molar-refractivity contribution in [3.05, 3.63) is 29.8 Å². The second kappa shape index (κ2) is 5.16. The second-order valence-corrected chi connectivity index (χ2v) is 8.50. The summed E-state index contributed by atoms with van der Waals surface area (Å²) in [5.41, 5.74) is 2.21. The van der Waals surface area contributed by atoms with E-state index in [2.05, 4.69) is 17.4 Å². The van der Waals surface area contributed by atoms with Crippen LogP contribution in [0.25, 0.3) is 0 Å². The predicted molar refractivity (Wildman–Crippen MR) is 91.9 cm³/mol. The van der Waals surface area contributed by atoms with Gasteiger partial charge in [0.1, 0.15) is 6.42 Å². The van der Waals surface area contributed by atoms with Crippen LogP contribution < -0.4 is 10.2 Å². The van der Waals surface area contributed by atoms with E-state index < -0.39 is 17.8 Å². The lowest BCUT2D eigenvalue weighted by atomic mass is 9.48. The molecule has 1 heterocycles. The van der Waals surface area contributed by atoms with E-state index in [-0.39, 0.29) is 6.42 Å². The maximum atomic E-state index is 12.1. The fourth-order valence-corrected chi connectivity index (χ4v) is 6.24. The van der Waals surface area contributed by atoms with E-state index in [0.29, 0.717) is 11.1 Å². The van der Waals surface area contributed by atoms with E-state index in [9.17, 15) is 14.4 Å². The molecule has 5 heteroatoms.